The second-order valence-electron chi connectivity index (χ2n) is 6.36. The summed E-state index contributed by atoms with van der Waals surface area (Å²) in [7, 11) is 0. The van der Waals surface area contributed by atoms with Gasteiger partial charge in [-0.1, -0.05) is 33.1 Å². The van der Waals surface area contributed by atoms with E-state index in [1.54, 1.807) is 0 Å². The highest BCUT2D eigenvalue weighted by Crippen LogP contribution is 2.30. The van der Waals surface area contributed by atoms with Gasteiger partial charge in [0.25, 0.3) is 0 Å². The highest BCUT2D eigenvalue weighted by molar-refractivity contribution is 5.02. The third-order valence-electron chi connectivity index (χ3n) is 5.07. The molecule has 1 aromatic rings. The monoisotopic (exact) mass is 277 g/mol. The molecule has 1 aliphatic carbocycles. The molecule has 114 valence electrons. The summed E-state index contributed by atoms with van der Waals surface area (Å²) in [6, 6.07) is 2.78. The van der Waals surface area contributed by atoms with E-state index in [1.165, 1.54) is 37.8 Å². The summed E-state index contributed by atoms with van der Waals surface area (Å²) in [4.78, 5) is 0. The van der Waals surface area contributed by atoms with Crippen molar-refractivity contribution in [3.05, 3.63) is 18.0 Å². The van der Waals surface area contributed by atoms with Gasteiger partial charge < -0.3 is 5.73 Å². The van der Waals surface area contributed by atoms with Gasteiger partial charge in [-0.15, -0.1) is 0 Å². The first-order valence-corrected chi connectivity index (χ1v) is 8.52. The molecule has 2 N–H and O–H groups in total. The lowest BCUT2D eigenvalue weighted by molar-refractivity contribution is 0.314. The SMILES string of the molecule is CCC(CC)n1ccc(CC2CCCCCC2CN)n1. The Morgan fingerprint density at radius 2 is 1.90 bits per heavy atom. The minimum Gasteiger partial charge on any atom is -0.330 e. The number of hydrogen-bond acceptors (Lipinski definition) is 2. The lowest BCUT2D eigenvalue weighted by Gasteiger charge is -2.23. The molecule has 1 heterocycles. The van der Waals surface area contributed by atoms with Crippen LogP contribution in [-0.4, -0.2) is 16.3 Å². The molecule has 3 heteroatoms. The van der Waals surface area contributed by atoms with Gasteiger partial charge in [-0.05, 0) is 56.6 Å². The molecule has 0 spiro atoms. The van der Waals surface area contributed by atoms with Gasteiger partial charge in [0.15, 0.2) is 0 Å². The van der Waals surface area contributed by atoms with Crippen LogP contribution in [-0.2, 0) is 6.42 Å². The summed E-state index contributed by atoms with van der Waals surface area (Å²) in [5.74, 6) is 1.45. The Morgan fingerprint density at radius 3 is 2.55 bits per heavy atom. The molecule has 1 fully saturated rings. The van der Waals surface area contributed by atoms with Crippen LogP contribution in [0.25, 0.3) is 0 Å². The standard InChI is InChI=1S/C17H31N3/c1-3-17(4-2)20-11-10-16(19-20)12-14-8-6-5-7-9-15(14)13-18/h10-11,14-15,17H,3-9,12-13,18H2,1-2H3. The van der Waals surface area contributed by atoms with Gasteiger partial charge in [0.1, 0.15) is 0 Å². The van der Waals surface area contributed by atoms with Gasteiger partial charge in [-0.3, -0.25) is 4.68 Å². The summed E-state index contributed by atoms with van der Waals surface area (Å²) in [6.07, 6.45) is 12.4. The van der Waals surface area contributed by atoms with Crippen molar-refractivity contribution in [2.24, 2.45) is 17.6 Å². The van der Waals surface area contributed by atoms with E-state index in [2.05, 4.69) is 30.8 Å². The molecule has 1 saturated carbocycles. The molecule has 0 saturated heterocycles. The van der Waals surface area contributed by atoms with E-state index in [1.807, 2.05) is 0 Å². The number of nitrogens with zero attached hydrogens (tertiary/aromatic N) is 2. The zero-order valence-corrected chi connectivity index (χ0v) is 13.2. The smallest absolute Gasteiger partial charge is 0.0627 e. The summed E-state index contributed by atoms with van der Waals surface area (Å²) in [5.41, 5.74) is 7.25. The van der Waals surface area contributed by atoms with E-state index >= 15 is 0 Å². The van der Waals surface area contributed by atoms with Crippen molar-refractivity contribution in [3.63, 3.8) is 0 Å². The largest absolute Gasteiger partial charge is 0.330 e. The van der Waals surface area contributed by atoms with Crippen LogP contribution in [0.3, 0.4) is 0 Å². The van der Waals surface area contributed by atoms with Crippen molar-refractivity contribution in [3.8, 4) is 0 Å². The molecule has 1 aromatic heterocycles. The van der Waals surface area contributed by atoms with Gasteiger partial charge >= 0.3 is 0 Å². The van der Waals surface area contributed by atoms with Crippen molar-refractivity contribution >= 4 is 0 Å². The van der Waals surface area contributed by atoms with E-state index < -0.39 is 0 Å². The van der Waals surface area contributed by atoms with E-state index in [4.69, 9.17) is 10.8 Å². The Bertz CT molecular complexity index is 381. The molecule has 1 aliphatic rings. The summed E-state index contributed by atoms with van der Waals surface area (Å²) in [6.45, 7) is 5.33. The zero-order valence-electron chi connectivity index (χ0n) is 13.2. The molecule has 20 heavy (non-hydrogen) atoms. The molecule has 2 rings (SSSR count). The highest BCUT2D eigenvalue weighted by Gasteiger charge is 2.23. The maximum atomic E-state index is 5.99. The number of rotatable bonds is 6. The third-order valence-corrected chi connectivity index (χ3v) is 5.07. The molecule has 0 amide bonds. The maximum absolute atomic E-state index is 5.99. The highest BCUT2D eigenvalue weighted by atomic mass is 15.3. The molecule has 0 aromatic carbocycles. The van der Waals surface area contributed by atoms with Crippen molar-refractivity contribution in [2.45, 2.75) is 71.3 Å². The minimum absolute atomic E-state index is 0.559. The number of nitrogens with two attached hydrogens (primary N) is 1. The van der Waals surface area contributed by atoms with Crippen molar-refractivity contribution < 1.29 is 0 Å². The lowest BCUT2D eigenvalue weighted by atomic mass is 9.84. The fourth-order valence-electron chi connectivity index (χ4n) is 3.66. The Labute approximate surface area is 123 Å². The molecule has 2 atom stereocenters. The van der Waals surface area contributed by atoms with Gasteiger partial charge in [0.05, 0.1) is 11.7 Å². The normalized spacial score (nSPS) is 24.0. The Hall–Kier alpha value is -0.830. The van der Waals surface area contributed by atoms with Crippen LogP contribution in [0.4, 0.5) is 0 Å². The predicted octanol–water partition coefficient (Wildman–Crippen LogP) is 3.94. The fourth-order valence-corrected chi connectivity index (χ4v) is 3.66. The lowest BCUT2D eigenvalue weighted by Crippen LogP contribution is -2.24. The number of aromatic nitrogens is 2. The second kappa shape index (κ2) is 7.82. The topological polar surface area (TPSA) is 43.8 Å². The quantitative estimate of drug-likeness (QED) is 0.800. The average molecular weight is 277 g/mol. The minimum atomic E-state index is 0.559. The molecular weight excluding hydrogens is 246 g/mol. The second-order valence-corrected chi connectivity index (χ2v) is 6.36. The molecule has 0 radical (unpaired) electrons. The van der Waals surface area contributed by atoms with Crippen LogP contribution in [0, 0.1) is 11.8 Å². The summed E-state index contributed by atoms with van der Waals surface area (Å²) in [5, 5.41) is 4.82. The van der Waals surface area contributed by atoms with Gasteiger partial charge in [-0.25, -0.2) is 0 Å². The van der Waals surface area contributed by atoms with Crippen LogP contribution in [0.2, 0.25) is 0 Å². The van der Waals surface area contributed by atoms with E-state index in [9.17, 15) is 0 Å². The summed E-state index contributed by atoms with van der Waals surface area (Å²) >= 11 is 0. The van der Waals surface area contributed by atoms with E-state index in [0.29, 0.717) is 12.0 Å². The van der Waals surface area contributed by atoms with Crippen LogP contribution in [0.15, 0.2) is 12.3 Å². The molecule has 0 aliphatic heterocycles. The van der Waals surface area contributed by atoms with Gasteiger partial charge in [-0.2, -0.15) is 5.10 Å². The van der Waals surface area contributed by atoms with Crippen molar-refractivity contribution in [1.29, 1.82) is 0 Å². The first kappa shape index (κ1) is 15.6. The number of hydrogen-bond donors (Lipinski definition) is 1. The molecule has 0 bridgehead atoms. The zero-order chi connectivity index (χ0) is 14.4. The van der Waals surface area contributed by atoms with Crippen molar-refractivity contribution in [1.82, 2.24) is 9.78 Å². The molecule has 3 nitrogen and oxygen atoms in total. The maximum Gasteiger partial charge on any atom is 0.0627 e. The average Bonchev–Trinajstić information content (AvgIpc) is 2.80. The van der Waals surface area contributed by atoms with Crippen molar-refractivity contribution in [2.75, 3.05) is 6.54 Å². The van der Waals surface area contributed by atoms with Gasteiger partial charge in [0.2, 0.25) is 0 Å². The van der Waals surface area contributed by atoms with Crippen LogP contribution in [0.1, 0.15) is 70.5 Å². The first-order chi connectivity index (χ1) is 9.78. The van der Waals surface area contributed by atoms with E-state index in [-0.39, 0.29) is 0 Å². The van der Waals surface area contributed by atoms with Crippen LogP contribution in [0.5, 0.6) is 0 Å². The van der Waals surface area contributed by atoms with E-state index in [0.717, 1.165) is 31.7 Å². The first-order valence-electron chi connectivity index (χ1n) is 8.52. The fraction of sp³-hybridized carbons (Fsp3) is 0.824. The van der Waals surface area contributed by atoms with Gasteiger partial charge in [0, 0.05) is 6.20 Å². The Kier molecular flexibility index (Phi) is 6.08. The third kappa shape index (κ3) is 3.85. The van der Waals surface area contributed by atoms with Crippen LogP contribution < -0.4 is 5.73 Å². The molecule has 2 unspecified atom stereocenters. The Balaban J connectivity index is 2.01. The summed E-state index contributed by atoms with van der Waals surface area (Å²) < 4.78 is 2.17. The Morgan fingerprint density at radius 1 is 1.20 bits per heavy atom. The van der Waals surface area contributed by atoms with Crippen LogP contribution >= 0.6 is 0 Å². The molecular formula is C17H31N3. The predicted molar refractivity (Wildman–Crippen MR) is 84.7 cm³/mol.